The SMILES string of the molecule is Cc1cc(C#Cc2ccc(NC=O)cc2)ccc1OCCCN1CC2(COC2)C1. The fourth-order valence-electron chi connectivity index (χ4n) is 3.86. The summed E-state index contributed by atoms with van der Waals surface area (Å²) in [5.41, 5.74) is 4.20. The monoisotopic (exact) mass is 390 g/mol. The maximum absolute atomic E-state index is 10.4. The number of hydrogen-bond donors (Lipinski definition) is 1. The molecule has 29 heavy (non-hydrogen) atoms. The molecule has 0 unspecified atom stereocenters. The van der Waals surface area contributed by atoms with Gasteiger partial charge in [-0.05, 0) is 61.4 Å². The Hall–Kier alpha value is -2.81. The van der Waals surface area contributed by atoms with E-state index < -0.39 is 0 Å². The van der Waals surface area contributed by atoms with E-state index in [1.807, 2.05) is 36.4 Å². The first-order valence-electron chi connectivity index (χ1n) is 10.0. The van der Waals surface area contributed by atoms with Gasteiger partial charge in [-0.25, -0.2) is 0 Å². The molecule has 0 aliphatic carbocycles. The Bertz CT molecular complexity index is 915. The first-order chi connectivity index (χ1) is 14.2. The number of nitrogens with zero attached hydrogens (tertiary/aromatic N) is 1. The number of rotatable bonds is 7. The average molecular weight is 390 g/mol. The van der Waals surface area contributed by atoms with E-state index in [9.17, 15) is 4.79 Å². The van der Waals surface area contributed by atoms with Crippen LogP contribution in [-0.2, 0) is 9.53 Å². The second kappa shape index (κ2) is 8.69. The van der Waals surface area contributed by atoms with Crippen LogP contribution in [0, 0.1) is 24.2 Å². The number of nitrogens with one attached hydrogen (secondary N) is 1. The van der Waals surface area contributed by atoms with Gasteiger partial charge >= 0.3 is 0 Å². The molecule has 0 atom stereocenters. The zero-order valence-electron chi connectivity index (χ0n) is 16.7. The smallest absolute Gasteiger partial charge is 0.211 e. The van der Waals surface area contributed by atoms with Crippen LogP contribution in [0.1, 0.15) is 23.1 Å². The Balaban J connectivity index is 1.24. The van der Waals surface area contributed by atoms with Crippen LogP contribution >= 0.6 is 0 Å². The van der Waals surface area contributed by atoms with Crippen LogP contribution in [0.3, 0.4) is 0 Å². The molecule has 1 amide bonds. The second-order valence-corrected chi connectivity index (χ2v) is 7.98. The number of ether oxygens (including phenoxy) is 2. The van der Waals surface area contributed by atoms with Gasteiger partial charge in [-0.15, -0.1) is 0 Å². The number of hydrogen-bond acceptors (Lipinski definition) is 4. The number of amides is 1. The summed E-state index contributed by atoms with van der Waals surface area (Å²) in [6.07, 6.45) is 1.70. The molecule has 1 spiro atoms. The van der Waals surface area contributed by atoms with E-state index in [4.69, 9.17) is 9.47 Å². The lowest BCUT2D eigenvalue weighted by Crippen LogP contribution is -2.65. The van der Waals surface area contributed by atoms with E-state index in [0.717, 1.165) is 60.9 Å². The molecule has 2 aliphatic rings. The van der Waals surface area contributed by atoms with Crippen LogP contribution < -0.4 is 10.1 Å². The Morgan fingerprint density at radius 1 is 1.14 bits per heavy atom. The van der Waals surface area contributed by atoms with Crippen LogP contribution in [0.4, 0.5) is 5.69 Å². The molecule has 2 aromatic carbocycles. The quantitative estimate of drug-likeness (QED) is 0.449. The van der Waals surface area contributed by atoms with Gasteiger partial charge in [0.2, 0.25) is 6.41 Å². The van der Waals surface area contributed by atoms with E-state index >= 15 is 0 Å². The third kappa shape index (κ3) is 4.79. The van der Waals surface area contributed by atoms with Crippen molar-refractivity contribution >= 4 is 12.1 Å². The highest BCUT2D eigenvalue weighted by Crippen LogP contribution is 2.37. The van der Waals surface area contributed by atoms with Gasteiger partial charge in [0.05, 0.1) is 19.8 Å². The van der Waals surface area contributed by atoms with Gasteiger partial charge < -0.3 is 19.7 Å². The molecule has 2 heterocycles. The van der Waals surface area contributed by atoms with Crippen molar-refractivity contribution in [3.8, 4) is 17.6 Å². The average Bonchev–Trinajstić information content (AvgIpc) is 2.66. The molecular weight excluding hydrogens is 364 g/mol. The number of carbonyl (C=O) groups is 1. The van der Waals surface area contributed by atoms with E-state index in [1.165, 1.54) is 13.1 Å². The van der Waals surface area contributed by atoms with Gasteiger partial charge in [0, 0.05) is 41.9 Å². The molecule has 150 valence electrons. The summed E-state index contributed by atoms with van der Waals surface area (Å²) in [5.74, 6) is 7.26. The van der Waals surface area contributed by atoms with Crippen molar-refractivity contribution in [1.82, 2.24) is 4.90 Å². The molecule has 2 aliphatic heterocycles. The molecule has 5 nitrogen and oxygen atoms in total. The number of aryl methyl sites for hydroxylation is 1. The van der Waals surface area contributed by atoms with E-state index in [0.29, 0.717) is 11.8 Å². The van der Waals surface area contributed by atoms with Crippen LogP contribution in [0.5, 0.6) is 5.75 Å². The summed E-state index contributed by atoms with van der Waals surface area (Å²) in [5, 5.41) is 2.61. The summed E-state index contributed by atoms with van der Waals surface area (Å²) in [6, 6.07) is 13.5. The standard InChI is InChI=1S/C24H26N2O3/c1-19-13-21(4-3-20-5-8-22(9-6-20)25-18-27)7-10-23(19)29-12-2-11-26-14-24(15-26)16-28-17-24/h5-10,13,18H,2,11-12,14-17H2,1H3,(H,25,27). The maximum atomic E-state index is 10.4. The van der Waals surface area contributed by atoms with Crippen molar-refractivity contribution in [3.63, 3.8) is 0 Å². The van der Waals surface area contributed by atoms with E-state index in [1.54, 1.807) is 0 Å². The molecule has 2 aromatic rings. The summed E-state index contributed by atoms with van der Waals surface area (Å²) < 4.78 is 11.3. The van der Waals surface area contributed by atoms with Gasteiger partial charge in [0.15, 0.2) is 0 Å². The summed E-state index contributed by atoms with van der Waals surface area (Å²) in [7, 11) is 0. The molecule has 4 rings (SSSR count). The molecule has 5 heteroatoms. The number of benzene rings is 2. The zero-order valence-corrected chi connectivity index (χ0v) is 16.7. The Morgan fingerprint density at radius 2 is 1.86 bits per heavy atom. The maximum Gasteiger partial charge on any atom is 0.211 e. The second-order valence-electron chi connectivity index (χ2n) is 7.98. The van der Waals surface area contributed by atoms with Crippen molar-refractivity contribution in [2.45, 2.75) is 13.3 Å². The first kappa shape index (κ1) is 19.5. The van der Waals surface area contributed by atoms with Gasteiger partial charge in [0.25, 0.3) is 0 Å². The fraction of sp³-hybridized carbons (Fsp3) is 0.375. The van der Waals surface area contributed by atoms with Gasteiger partial charge in [-0.3, -0.25) is 4.79 Å². The third-order valence-corrected chi connectivity index (χ3v) is 5.45. The van der Waals surface area contributed by atoms with Crippen molar-refractivity contribution in [1.29, 1.82) is 0 Å². The molecule has 0 aromatic heterocycles. The highest BCUT2D eigenvalue weighted by atomic mass is 16.5. The van der Waals surface area contributed by atoms with E-state index in [2.05, 4.69) is 35.0 Å². The largest absolute Gasteiger partial charge is 0.493 e. The topological polar surface area (TPSA) is 50.8 Å². The van der Waals surface area contributed by atoms with Gasteiger partial charge in [0.1, 0.15) is 5.75 Å². The first-order valence-corrected chi connectivity index (χ1v) is 10.0. The summed E-state index contributed by atoms with van der Waals surface area (Å²) in [4.78, 5) is 12.9. The predicted octanol–water partition coefficient (Wildman–Crippen LogP) is 3.06. The van der Waals surface area contributed by atoms with Crippen molar-refractivity contribution in [2.24, 2.45) is 5.41 Å². The number of anilines is 1. The Labute approximate surface area is 172 Å². The molecule has 2 saturated heterocycles. The van der Waals surface area contributed by atoms with Crippen LogP contribution in [0.15, 0.2) is 42.5 Å². The zero-order chi connectivity index (χ0) is 20.1. The lowest BCUT2D eigenvalue weighted by atomic mass is 9.78. The van der Waals surface area contributed by atoms with Gasteiger partial charge in [-0.2, -0.15) is 0 Å². The third-order valence-electron chi connectivity index (χ3n) is 5.45. The Morgan fingerprint density at radius 3 is 2.52 bits per heavy atom. The van der Waals surface area contributed by atoms with Crippen molar-refractivity contribution in [3.05, 3.63) is 59.2 Å². The lowest BCUT2D eigenvalue weighted by Gasteiger charge is -2.55. The normalized spacial score (nSPS) is 16.9. The molecule has 0 saturated carbocycles. The highest BCUT2D eigenvalue weighted by Gasteiger charge is 2.48. The minimum atomic E-state index is 0.489. The molecule has 1 N–H and O–H groups in total. The molecule has 0 radical (unpaired) electrons. The lowest BCUT2D eigenvalue weighted by molar-refractivity contribution is -0.189. The van der Waals surface area contributed by atoms with Gasteiger partial charge in [-0.1, -0.05) is 11.8 Å². The highest BCUT2D eigenvalue weighted by molar-refractivity contribution is 5.71. The van der Waals surface area contributed by atoms with Crippen LogP contribution in [-0.4, -0.2) is 50.8 Å². The minimum absolute atomic E-state index is 0.489. The van der Waals surface area contributed by atoms with Crippen LogP contribution in [0.25, 0.3) is 0 Å². The molecule has 0 bridgehead atoms. The fourth-order valence-corrected chi connectivity index (χ4v) is 3.86. The van der Waals surface area contributed by atoms with E-state index in [-0.39, 0.29) is 0 Å². The summed E-state index contributed by atoms with van der Waals surface area (Å²) >= 11 is 0. The number of likely N-dealkylation sites (tertiary alicyclic amines) is 1. The van der Waals surface area contributed by atoms with Crippen molar-refractivity contribution < 1.29 is 14.3 Å². The predicted molar refractivity (Wildman–Crippen MR) is 113 cm³/mol. The number of carbonyl (C=O) groups excluding carboxylic acids is 1. The Kier molecular flexibility index (Phi) is 5.84. The van der Waals surface area contributed by atoms with Crippen LogP contribution in [0.2, 0.25) is 0 Å². The molecule has 2 fully saturated rings. The summed E-state index contributed by atoms with van der Waals surface area (Å²) in [6.45, 7) is 8.11. The van der Waals surface area contributed by atoms with Crippen molar-refractivity contribution in [2.75, 3.05) is 44.8 Å². The minimum Gasteiger partial charge on any atom is -0.493 e. The molecular formula is C24H26N2O3.